The number of hydrogen-bond acceptors (Lipinski definition) is 2. The van der Waals surface area contributed by atoms with E-state index in [1.165, 1.54) is 0 Å². The zero-order valence-electron chi connectivity index (χ0n) is 7.63. The first kappa shape index (κ1) is 9.55. The van der Waals surface area contributed by atoms with Crippen LogP contribution in [0.25, 0.3) is 0 Å². The molecule has 1 aromatic rings. The maximum Gasteiger partial charge on any atom is 0.0814 e. The summed E-state index contributed by atoms with van der Waals surface area (Å²) in [5.41, 5.74) is 1.03. The van der Waals surface area contributed by atoms with Crippen LogP contribution in [0.3, 0.4) is 0 Å². The number of nitrogens with zero attached hydrogens (tertiary/aromatic N) is 2. The normalized spacial score (nSPS) is 13.3. The molecule has 1 unspecified atom stereocenters. The molecule has 0 aliphatic carbocycles. The van der Waals surface area contributed by atoms with Crippen molar-refractivity contribution in [3.63, 3.8) is 0 Å². The summed E-state index contributed by atoms with van der Waals surface area (Å²) < 4.78 is 1.91. The summed E-state index contributed by atoms with van der Waals surface area (Å²) in [7, 11) is 1.94. The van der Waals surface area contributed by atoms with E-state index in [0.717, 1.165) is 17.3 Å². The van der Waals surface area contributed by atoms with Crippen molar-refractivity contribution in [1.82, 2.24) is 15.1 Å². The van der Waals surface area contributed by atoms with Crippen LogP contribution < -0.4 is 5.32 Å². The van der Waals surface area contributed by atoms with Crippen LogP contribution in [0.5, 0.6) is 0 Å². The van der Waals surface area contributed by atoms with Crippen LogP contribution in [0.1, 0.15) is 12.6 Å². The topological polar surface area (TPSA) is 29.9 Å². The molecule has 0 aliphatic rings. The number of hydrogen-bond donors (Lipinski definition) is 1. The predicted molar refractivity (Wildman–Crippen MR) is 50.5 cm³/mol. The van der Waals surface area contributed by atoms with Crippen LogP contribution in [-0.4, -0.2) is 22.9 Å². The third-order valence-corrected chi connectivity index (χ3v) is 2.35. The number of likely N-dealkylation sites (N-methyl/N-ethyl adjacent to an activating group) is 1. The molecular weight excluding hydrogens is 174 g/mol. The molecule has 0 saturated heterocycles. The van der Waals surface area contributed by atoms with Gasteiger partial charge in [0.2, 0.25) is 0 Å². The lowest BCUT2D eigenvalue weighted by molar-refractivity contribution is 0.474. The molecule has 0 amide bonds. The summed E-state index contributed by atoms with van der Waals surface area (Å²) in [5, 5.41) is 8.03. The Balaban J connectivity index is 2.69. The molecule has 0 radical (unpaired) electrons. The van der Waals surface area contributed by atoms with Crippen LogP contribution in [0.4, 0.5) is 0 Å². The van der Waals surface area contributed by atoms with E-state index in [-0.39, 0.29) is 0 Å². The lowest BCUT2D eigenvalue weighted by atomic mass is 10.3. The summed E-state index contributed by atoms with van der Waals surface area (Å²) in [6.07, 6.45) is 1.68. The van der Waals surface area contributed by atoms with Crippen LogP contribution in [0, 0.1) is 6.92 Å². The predicted octanol–water partition coefficient (Wildman–Crippen LogP) is 1.45. The fraction of sp³-hybridized carbons (Fsp3) is 0.625. The van der Waals surface area contributed by atoms with Gasteiger partial charge in [-0.1, -0.05) is 11.6 Å². The van der Waals surface area contributed by atoms with E-state index in [4.69, 9.17) is 11.6 Å². The third kappa shape index (κ3) is 1.99. The minimum atomic E-state index is 0.416. The Bertz CT molecular complexity index is 257. The quantitative estimate of drug-likeness (QED) is 0.777. The van der Waals surface area contributed by atoms with E-state index in [9.17, 15) is 0 Å². The molecule has 1 N–H and O–H groups in total. The van der Waals surface area contributed by atoms with E-state index in [1.807, 2.05) is 18.7 Å². The van der Waals surface area contributed by atoms with Crippen molar-refractivity contribution in [1.29, 1.82) is 0 Å². The summed E-state index contributed by atoms with van der Waals surface area (Å²) in [4.78, 5) is 0. The molecule has 0 spiro atoms. The first-order valence-corrected chi connectivity index (χ1v) is 4.38. The zero-order valence-corrected chi connectivity index (χ0v) is 8.39. The van der Waals surface area contributed by atoms with Crippen molar-refractivity contribution in [2.75, 3.05) is 7.05 Å². The fourth-order valence-corrected chi connectivity index (χ4v) is 1.10. The third-order valence-electron chi connectivity index (χ3n) is 1.98. The fourth-order valence-electron chi connectivity index (χ4n) is 0.958. The number of halogens is 1. The monoisotopic (exact) mass is 187 g/mol. The van der Waals surface area contributed by atoms with Crippen LogP contribution in [0.15, 0.2) is 6.20 Å². The number of nitrogens with one attached hydrogen (secondary N) is 1. The summed E-state index contributed by atoms with van der Waals surface area (Å²) in [6, 6.07) is 0.416. The first-order chi connectivity index (χ1) is 5.65. The van der Waals surface area contributed by atoms with Gasteiger partial charge in [0.1, 0.15) is 0 Å². The molecule has 12 heavy (non-hydrogen) atoms. The Morgan fingerprint density at radius 1 is 1.75 bits per heavy atom. The number of rotatable bonds is 3. The van der Waals surface area contributed by atoms with Gasteiger partial charge in [-0.3, -0.25) is 4.68 Å². The van der Waals surface area contributed by atoms with Gasteiger partial charge >= 0.3 is 0 Å². The van der Waals surface area contributed by atoms with Crippen molar-refractivity contribution < 1.29 is 0 Å². The lowest BCUT2D eigenvalue weighted by Crippen LogP contribution is -2.27. The Morgan fingerprint density at radius 3 is 2.83 bits per heavy atom. The highest BCUT2D eigenvalue weighted by Gasteiger charge is 2.05. The van der Waals surface area contributed by atoms with Gasteiger partial charge in [0.25, 0.3) is 0 Å². The van der Waals surface area contributed by atoms with Crippen molar-refractivity contribution in [3.8, 4) is 0 Å². The Labute approximate surface area is 77.7 Å². The average molecular weight is 188 g/mol. The molecule has 0 aromatic carbocycles. The Morgan fingerprint density at radius 2 is 2.42 bits per heavy atom. The van der Waals surface area contributed by atoms with Gasteiger partial charge in [-0.05, 0) is 20.9 Å². The minimum Gasteiger partial charge on any atom is -0.315 e. The first-order valence-electron chi connectivity index (χ1n) is 4.00. The van der Waals surface area contributed by atoms with Crippen molar-refractivity contribution in [2.45, 2.75) is 26.4 Å². The highest BCUT2D eigenvalue weighted by molar-refractivity contribution is 6.31. The molecule has 1 atom stereocenters. The molecule has 0 fully saturated rings. The minimum absolute atomic E-state index is 0.416. The van der Waals surface area contributed by atoms with Crippen molar-refractivity contribution in [3.05, 3.63) is 16.9 Å². The van der Waals surface area contributed by atoms with Crippen molar-refractivity contribution in [2.24, 2.45) is 0 Å². The SMILES string of the molecule is CNC(C)Cn1ncc(Cl)c1C. The van der Waals surface area contributed by atoms with Crippen molar-refractivity contribution >= 4 is 11.6 Å². The van der Waals surface area contributed by atoms with E-state index < -0.39 is 0 Å². The second kappa shape index (κ2) is 3.92. The number of aromatic nitrogens is 2. The standard InChI is InChI=1S/C8H14ClN3/c1-6(10-3)5-12-7(2)8(9)4-11-12/h4,6,10H,5H2,1-3H3. The molecule has 1 heterocycles. The van der Waals surface area contributed by atoms with Gasteiger partial charge in [0.15, 0.2) is 0 Å². The van der Waals surface area contributed by atoms with Crippen LogP contribution in [0.2, 0.25) is 5.02 Å². The van der Waals surface area contributed by atoms with Gasteiger partial charge in [0, 0.05) is 6.04 Å². The highest BCUT2D eigenvalue weighted by atomic mass is 35.5. The molecule has 68 valence electrons. The lowest BCUT2D eigenvalue weighted by Gasteiger charge is -2.11. The van der Waals surface area contributed by atoms with Crippen LogP contribution in [-0.2, 0) is 6.54 Å². The smallest absolute Gasteiger partial charge is 0.0814 e. The highest BCUT2D eigenvalue weighted by Crippen LogP contribution is 2.13. The molecular formula is C8H14ClN3. The molecule has 0 saturated carbocycles. The van der Waals surface area contributed by atoms with Gasteiger partial charge in [-0.2, -0.15) is 5.10 Å². The van der Waals surface area contributed by atoms with E-state index in [2.05, 4.69) is 17.3 Å². The summed E-state index contributed by atoms with van der Waals surface area (Å²) >= 11 is 5.85. The molecule has 0 aliphatic heterocycles. The summed E-state index contributed by atoms with van der Waals surface area (Å²) in [6.45, 7) is 4.93. The molecule has 0 bridgehead atoms. The average Bonchev–Trinajstić information content (AvgIpc) is 2.36. The largest absolute Gasteiger partial charge is 0.315 e. The second-order valence-electron chi connectivity index (χ2n) is 2.95. The van der Waals surface area contributed by atoms with E-state index >= 15 is 0 Å². The van der Waals surface area contributed by atoms with Gasteiger partial charge in [0.05, 0.1) is 23.5 Å². The molecule has 4 heteroatoms. The Kier molecular flexibility index (Phi) is 3.12. The van der Waals surface area contributed by atoms with Gasteiger partial charge in [-0.25, -0.2) is 0 Å². The second-order valence-corrected chi connectivity index (χ2v) is 3.36. The zero-order chi connectivity index (χ0) is 9.14. The maximum atomic E-state index is 5.85. The van der Waals surface area contributed by atoms with E-state index in [1.54, 1.807) is 6.20 Å². The molecule has 1 rings (SSSR count). The molecule has 3 nitrogen and oxygen atoms in total. The Hall–Kier alpha value is -0.540. The molecule has 1 aromatic heterocycles. The van der Waals surface area contributed by atoms with Crippen LogP contribution >= 0.6 is 11.6 Å². The maximum absolute atomic E-state index is 5.85. The van der Waals surface area contributed by atoms with Gasteiger partial charge < -0.3 is 5.32 Å². The van der Waals surface area contributed by atoms with E-state index in [0.29, 0.717) is 6.04 Å². The summed E-state index contributed by atoms with van der Waals surface area (Å²) in [5.74, 6) is 0. The van der Waals surface area contributed by atoms with Gasteiger partial charge in [-0.15, -0.1) is 0 Å².